The second-order valence-electron chi connectivity index (χ2n) is 15.0. The Balaban J connectivity index is 1.80. The van der Waals surface area contributed by atoms with Crippen molar-refractivity contribution in [3.05, 3.63) is 0 Å². The number of carbonyl (C=O) groups is 2. The van der Waals surface area contributed by atoms with Crippen LogP contribution in [0.15, 0.2) is 0 Å². The molecule has 10 nitrogen and oxygen atoms in total. The molecule has 3 fully saturated rings. The Morgan fingerprint density at radius 3 is 2.31 bits per heavy atom. The standard InChI is InChI=1S/C35H64N2O8/c1-22(2)14-25-6-5-7-26(21-39)16-29(15-25)33(45-24(4)41)19-30(44-23(3)40)9-8-27-17-34(43-13-12-38)32(42)20-31(27)28-10-11-37-35(36)18-28/h22,25-35,37-39,42H,5-21,36H2,1-4H3/p+1. The number of hydrogen-bond donors (Lipinski definition) is 5. The number of carbonyl (C=O) groups excluding carboxylic acids is 2. The number of quaternary nitrogens is 1. The number of nitrogens with two attached hydrogens (primary N) is 2. The molecule has 10 heteroatoms. The number of aliphatic hydroxyl groups is 3. The van der Waals surface area contributed by atoms with E-state index in [1.807, 2.05) is 0 Å². The molecule has 0 aromatic heterocycles. The van der Waals surface area contributed by atoms with Crippen molar-refractivity contribution in [3.8, 4) is 0 Å². The summed E-state index contributed by atoms with van der Waals surface area (Å²) in [6.07, 6.45) is 9.48. The molecular weight excluding hydrogens is 576 g/mol. The smallest absolute Gasteiger partial charge is 0.302 e. The van der Waals surface area contributed by atoms with Crippen LogP contribution in [0.2, 0.25) is 0 Å². The lowest BCUT2D eigenvalue weighted by Gasteiger charge is -2.44. The fourth-order valence-corrected chi connectivity index (χ4v) is 8.92. The zero-order valence-corrected chi connectivity index (χ0v) is 28.5. The third-order valence-electron chi connectivity index (χ3n) is 10.8. The van der Waals surface area contributed by atoms with Gasteiger partial charge in [0.25, 0.3) is 0 Å². The fraction of sp³-hybridized carbons (Fsp3) is 0.943. The van der Waals surface area contributed by atoms with Crippen LogP contribution in [0.5, 0.6) is 0 Å². The van der Waals surface area contributed by atoms with Gasteiger partial charge in [0, 0.05) is 33.3 Å². The van der Waals surface area contributed by atoms with E-state index in [2.05, 4.69) is 19.2 Å². The van der Waals surface area contributed by atoms with Crippen molar-refractivity contribution < 1.29 is 44.4 Å². The van der Waals surface area contributed by atoms with Gasteiger partial charge in [-0.3, -0.25) is 15.3 Å². The maximum Gasteiger partial charge on any atom is 0.302 e. The summed E-state index contributed by atoms with van der Waals surface area (Å²) in [5, 5.41) is 32.7. The van der Waals surface area contributed by atoms with Crippen LogP contribution in [0.25, 0.3) is 0 Å². The van der Waals surface area contributed by atoms with Crippen LogP contribution in [0.4, 0.5) is 0 Å². The van der Waals surface area contributed by atoms with Crippen molar-refractivity contribution in [1.82, 2.24) is 0 Å². The molecule has 3 rings (SSSR count). The van der Waals surface area contributed by atoms with Gasteiger partial charge in [-0.1, -0.05) is 26.7 Å². The maximum absolute atomic E-state index is 12.4. The predicted molar refractivity (Wildman–Crippen MR) is 172 cm³/mol. The minimum atomic E-state index is -0.588. The molecule has 1 aliphatic heterocycles. The Morgan fingerprint density at radius 2 is 1.67 bits per heavy atom. The average molecular weight is 642 g/mol. The van der Waals surface area contributed by atoms with Crippen molar-refractivity contribution in [3.63, 3.8) is 0 Å². The normalized spacial score (nSPS) is 34.4. The van der Waals surface area contributed by atoms with Gasteiger partial charge in [-0.25, -0.2) is 0 Å². The molecule has 1 saturated heterocycles. The largest absolute Gasteiger partial charge is 0.462 e. The first kappa shape index (κ1) is 38.2. The highest BCUT2D eigenvalue weighted by atomic mass is 16.6. The zero-order chi connectivity index (χ0) is 32.9. The summed E-state index contributed by atoms with van der Waals surface area (Å²) in [5.74, 6) is 1.62. The summed E-state index contributed by atoms with van der Waals surface area (Å²) >= 11 is 0. The fourth-order valence-electron chi connectivity index (χ4n) is 8.92. The highest BCUT2D eigenvalue weighted by Gasteiger charge is 2.43. The second kappa shape index (κ2) is 19.5. The Bertz CT molecular complexity index is 875. The Kier molecular flexibility index (Phi) is 16.5. The molecule has 0 radical (unpaired) electrons. The van der Waals surface area contributed by atoms with E-state index < -0.39 is 18.3 Å². The monoisotopic (exact) mass is 641 g/mol. The topological polar surface area (TPSA) is 165 Å². The first-order valence-electron chi connectivity index (χ1n) is 17.9. The zero-order valence-electron chi connectivity index (χ0n) is 28.5. The summed E-state index contributed by atoms with van der Waals surface area (Å²) in [7, 11) is 0. The van der Waals surface area contributed by atoms with Gasteiger partial charge in [0.1, 0.15) is 18.4 Å². The lowest BCUT2D eigenvalue weighted by Crippen LogP contribution is -2.94. The number of piperidine rings is 1. The Morgan fingerprint density at radius 1 is 0.956 bits per heavy atom. The van der Waals surface area contributed by atoms with E-state index in [0.717, 1.165) is 64.3 Å². The van der Waals surface area contributed by atoms with E-state index in [9.17, 15) is 24.9 Å². The molecule has 0 spiro atoms. The van der Waals surface area contributed by atoms with E-state index >= 15 is 0 Å². The van der Waals surface area contributed by atoms with Gasteiger partial charge in [0.15, 0.2) is 0 Å². The van der Waals surface area contributed by atoms with Crippen molar-refractivity contribution in [2.24, 2.45) is 47.2 Å². The summed E-state index contributed by atoms with van der Waals surface area (Å²) in [6.45, 7) is 8.59. The van der Waals surface area contributed by atoms with Gasteiger partial charge < -0.3 is 34.8 Å². The molecule has 45 heavy (non-hydrogen) atoms. The molecule has 262 valence electrons. The minimum absolute atomic E-state index is 0.0641. The number of esters is 2. The van der Waals surface area contributed by atoms with E-state index in [1.165, 1.54) is 13.8 Å². The van der Waals surface area contributed by atoms with Crippen molar-refractivity contribution in [2.75, 3.05) is 26.4 Å². The van der Waals surface area contributed by atoms with Crippen LogP contribution in [0.3, 0.4) is 0 Å². The van der Waals surface area contributed by atoms with Crippen LogP contribution < -0.4 is 11.1 Å². The van der Waals surface area contributed by atoms with Crippen LogP contribution in [0.1, 0.15) is 111 Å². The first-order chi connectivity index (χ1) is 21.5. The Labute approximate surface area is 271 Å². The number of hydrogen-bond acceptors (Lipinski definition) is 9. The number of ether oxygens (including phenoxy) is 3. The average Bonchev–Trinajstić information content (AvgIpc) is 2.95. The number of aliphatic hydroxyl groups excluding tert-OH is 3. The molecule has 0 aromatic rings. The lowest BCUT2D eigenvalue weighted by atomic mass is 9.66. The van der Waals surface area contributed by atoms with Crippen LogP contribution in [0, 0.1) is 41.4 Å². The van der Waals surface area contributed by atoms with Crippen molar-refractivity contribution in [2.45, 2.75) is 142 Å². The van der Waals surface area contributed by atoms with Gasteiger partial charge >= 0.3 is 11.9 Å². The third kappa shape index (κ3) is 13.0. The van der Waals surface area contributed by atoms with Gasteiger partial charge in [0.05, 0.1) is 32.0 Å². The van der Waals surface area contributed by atoms with Crippen molar-refractivity contribution in [1.29, 1.82) is 0 Å². The maximum atomic E-state index is 12.4. The van der Waals surface area contributed by atoms with Gasteiger partial charge in [-0.15, -0.1) is 0 Å². The van der Waals surface area contributed by atoms with Gasteiger partial charge in [0.2, 0.25) is 0 Å². The van der Waals surface area contributed by atoms with E-state index in [-0.39, 0.29) is 67.7 Å². The molecule has 0 amide bonds. The molecule has 7 N–H and O–H groups in total. The van der Waals surface area contributed by atoms with E-state index in [4.69, 9.17) is 19.9 Å². The number of rotatable bonds is 15. The summed E-state index contributed by atoms with van der Waals surface area (Å²) in [5.41, 5.74) is 6.34. The van der Waals surface area contributed by atoms with E-state index in [0.29, 0.717) is 43.4 Å². The summed E-state index contributed by atoms with van der Waals surface area (Å²) in [6, 6.07) is 0. The third-order valence-corrected chi connectivity index (χ3v) is 10.8. The van der Waals surface area contributed by atoms with Gasteiger partial charge in [-0.2, -0.15) is 0 Å². The summed E-state index contributed by atoms with van der Waals surface area (Å²) in [4.78, 5) is 24.8. The highest BCUT2D eigenvalue weighted by molar-refractivity contribution is 5.66. The molecule has 11 unspecified atom stereocenters. The van der Waals surface area contributed by atoms with Crippen LogP contribution in [-0.2, 0) is 23.8 Å². The molecular formula is C35H65N2O8+. The molecule has 3 aliphatic rings. The van der Waals surface area contributed by atoms with Crippen LogP contribution >= 0.6 is 0 Å². The minimum Gasteiger partial charge on any atom is -0.462 e. The highest BCUT2D eigenvalue weighted by Crippen LogP contribution is 2.43. The summed E-state index contributed by atoms with van der Waals surface area (Å²) < 4.78 is 17.8. The van der Waals surface area contributed by atoms with E-state index in [1.54, 1.807) is 0 Å². The Hall–Kier alpha value is -1.30. The molecule has 0 bridgehead atoms. The first-order valence-corrected chi connectivity index (χ1v) is 17.9. The molecule has 11 atom stereocenters. The molecule has 2 saturated carbocycles. The second-order valence-corrected chi connectivity index (χ2v) is 15.0. The van der Waals surface area contributed by atoms with Crippen molar-refractivity contribution >= 4 is 11.9 Å². The quantitative estimate of drug-likeness (QED) is 0.169. The SMILES string of the molecule is CC(=O)OC(CCC1CC(OCCO)C(O)CC1C1CC[NH2+]C(N)C1)CC(OC(C)=O)C1CC(CO)CCCC(CC(C)C)C1. The molecule has 0 aromatic carbocycles. The van der Waals surface area contributed by atoms with Gasteiger partial charge in [-0.05, 0) is 99.2 Å². The predicted octanol–water partition coefficient (Wildman–Crippen LogP) is 2.89. The molecule has 1 heterocycles. The van der Waals surface area contributed by atoms with Crippen LogP contribution in [-0.4, -0.2) is 84.2 Å². The lowest BCUT2D eigenvalue weighted by molar-refractivity contribution is -0.699. The molecule has 2 aliphatic carbocycles.